The Morgan fingerprint density at radius 2 is 1.65 bits per heavy atom. The SMILES string of the molecule is Cc1ccc(S(=O)(=O)N[C@H](Cc2ccccc2)C(=O)N/N=C\c2ccccc2Cl)cc1. The van der Waals surface area contributed by atoms with Crippen LogP contribution >= 0.6 is 11.6 Å². The Bertz CT molecular complexity index is 1160. The maximum atomic E-state index is 12.8. The Morgan fingerprint density at radius 1 is 1.00 bits per heavy atom. The number of hydrazone groups is 1. The summed E-state index contributed by atoms with van der Waals surface area (Å²) in [4.78, 5) is 12.9. The molecule has 1 atom stereocenters. The van der Waals surface area contributed by atoms with E-state index in [4.69, 9.17) is 11.6 Å². The van der Waals surface area contributed by atoms with Crippen molar-refractivity contribution < 1.29 is 13.2 Å². The van der Waals surface area contributed by atoms with Crippen LogP contribution in [0.1, 0.15) is 16.7 Å². The molecule has 0 fully saturated rings. The van der Waals surface area contributed by atoms with Crippen molar-refractivity contribution >= 4 is 33.7 Å². The number of nitrogens with zero attached hydrogens (tertiary/aromatic N) is 1. The highest BCUT2D eigenvalue weighted by molar-refractivity contribution is 7.89. The van der Waals surface area contributed by atoms with Gasteiger partial charge in [0.2, 0.25) is 10.0 Å². The molecule has 8 heteroatoms. The van der Waals surface area contributed by atoms with Crippen molar-refractivity contribution in [3.8, 4) is 0 Å². The monoisotopic (exact) mass is 455 g/mol. The van der Waals surface area contributed by atoms with Crippen LogP contribution in [0.4, 0.5) is 0 Å². The number of nitrogens with one attached hydrogen (secondary N) is 2. The molecule has 0 aliphatic carbocycles. The number of amides is 1. The molecule has 0 bridgehead atoms. The molecule has 0 aliphatic heterocycles. The van der Waals surface area contributed by atoms with E-state index in [0.29, 0.717) is 10.6 Å². The van der Waals surface area contributed by atoms with Gasteiger partial charge in [0.15, 0.2) is 0 Å². The number of hydrogen-bond acceptors (Lipinski definition) is 4. The highest BCUT2D eigenvalue weighted by Gasteiger charge is 2.26. The summed E-state index contributed by atoms with van der Waals surface area (Å²) in [5, 5.41) is 4.42. The Hall–Kier alpha value is -3.00. The maximum absolute atomic E-state index is 12.8. The van der Waals surface area contributed by atoms with Gasteiger partial charge >= 0.3 is 0 Å². The van der Waals surface area contributed by atoms with E-state index >= 15 is 0 Å². The fraction of sp³-hybridized carbons (Fsp3) is 0.130. The number of sulfonamides is 1. The van der Waals surface area contributed by atoms with Crippen LogP contribution in [-0.4, -0.2) is 26.6 Å². The van der Waals surface area contributed by atoms with Crippen LogP contribution in [0.25, 0.3) is 0 Å². The topological polar surface area (TPSA) is 87.6 Å². The van der Waals surface area contributed by atoms with E-state index in [2.05, 4.69) is 15.2 Å². The molecule has 0 heterocycles. The summed E-state index contributed by atoms with van der Waals surface area (Å²) in [7, 11) is -3.91. The summed E-state index contributed by atoms with van der Waals surface area (Å²) in [6, 6.07) is 21.6. The van der Waals surface area contributed by atoms with Crippen molar-refractivity contribution in [3.05, 3.63) is 101 Å². The largest absolute Gasteiger partial charge is 0.271 e. The minimum Gasteiger partial charge on any atom is -0.271 e. The van der Waals surface area contributed by atoms with E-state index in [9.17, 15) is 13.2 Å². The Morgan fingerprint density at radius 3 is 2.32 bits per heavy atom. The molecule has 3 aromatic rings. The lowest BCUT2D eigenvalue weighted by molar-refractivity contribution is -0.122. The normalized spacial score (nSPS) is 12.6. The molecule has 1 amide bonds. The molecule has 0 aromatic heterocycles. The van der Waals surface area contributed by atoms with Crippen molar-refractivity contribution in [3.63, 3.8) is 0 Å². The summed E-state index contributed by atoms with van der Waals surface area (Å²) in [6.07, 6.45) is 1.58. The van der Waals surface area contributed by atoms with Gasteiger partial charge in [0, 0.05) is 10.6 Å². The van der Waals surface area contributed by atoms with Gasteiger partial charge in [-0.25, -0.2) is 13.8 Å². The van der Waals surface area contributed by atoms with Crippen molar-refractivity contribution in [2.24, 2.45) is 5.10 Å². The van der Waals surface area contributed by atoms with Crippen LogP contribution in [0.15, 0.2) is 88.9 Å². The molecule has 0 saturated carbocycles. The summed E-state index contributed by atoms with van der Waals surface area (Å²) in [6.45, 7) is 1.87. The molecule has 0 spiro atoms. The third-order valence-corrected chi connectivity index (χ3v) is 6.34. The lowest BCUT2D eigenvalue weighted by atomic mass is 10.1. The standard InChI is InChI=1S/C23H22ClN3O3S/c1-17-11-13-20(14-12-17)31(29,30)27-22(15-18-7-3-2-4-8-18)23(28)26-25-16-19-9-5-6-10-21(19)24/h2-14,16,22,27H,15H2,1H3,(H,26,28)/b25-16-/t22-/m1/s1. The van der Waals surface area contributed by atoms with E-state index in [0.717, 1.165) is 11.1 Å². The predicted molar refractivity (Wildman–Crippen MR) is 123 cm³/mol. The lowest BCUT2D eigenvalue weighted by Gasteiger charge is -2.17. The second kappa shape index (κ2) is 10.3. The van der Waals surface area contributed by atoms with Gasteiger partial charge < -0.3 is 0 Å². The Balaban J connectivity index is 1.79. The van der Waals surface area contributed by atoms with Gasteiger partial charge in [-0.2, -0.15) is 9.82 Å². The molecule has 6 nitrogen and oxygen atoms in total. The van der Waals surface area contributed by atoms with Gasteiger partial charge in [-0.1, -0.05) is 77.8 Å². The van der Waals surface area contributed by atoms with Crippen LogP contribution in [0.2, 0.25) is 5.02 Å². The minimum atomic E-state index is -3.91. The van der Waals surface area contributed by atoms with Crippen LogP contribution in [0.3, 0.4) is 0 Å². The number of hydrogen-bond donors (Lipinski definition) is 2. The van der Waals surface area contributed by atoms with Gasteiger partial charge in [-0.3, -0.25) is 4.79 Å². The Kier molecular flexibility index (Phi) is 7.57. The summed E-state index contributed by atoms with van der Waals surface area (Å²) < 4.78 is 28.2. The molecule has 3 aromatic carbocycles. The van der Waals surface area contributed by atoms with Crippen molar-refractivity contribution in [2.45, 2.75) is 24.3 Å². The molecule has 0 radical (unpaired) electrons. The van der Waals surface area contributed by atoms with Crippen LogP contribution in [0, 0.1) is 6.92 Å². The summed E-state index contributed by atoms with van der Waals surface area (Å²) in [5.74, 6) is -0.581. The molecule has 2 N–H and O–H groups in total. The molecular formula is C23H22ClN3O3S. The molecule has 0 unspecified atom stereocenters. The van der Waals surface area contributed by atoms with E-state index < -0.39 is 22.0 Å². The number of carbonyl (C=O) groups excluding carboxylic acids is 1. The van der Waals surface area contributed by atoms with Crippen molar-refractivity contribution in [2.75, 3.05) is 0 Å². The molecule has 160 valence electrons. The third kappa shape index (κ3) is 6.49. The molecular weight excluding hydrogens is 434 g/mol. The average molecular weight is 456 g/mol. The highest BCUT2D eigenvalue weighted by Crippen LogP contribution is 2.13. The smallest absolute Gasteiger partial charge is 0.258 e. The maximum Gasteiger partial charge on any atom is 0.258 e. The fourth-order valence-electron chi connectivity index (χ4n) is 2.83. The zero-order valence-corrected chi connectivity index (χ0v) is 18.4. The van der Waals surface area contributed by atoms with Crippen LogP contribution in [-0.2, 0) is 21.2 Å². The van der Waals surface area contributed by atoms with Gasteiger partial charge in [-0.15, -0.1) is 0 Å². The third-order valence-electron chi connectivity index (χ3n) is 4.51. The lowest BCUT2D eigenvalue weighted by Crippen LogP contribution is -2.46. The number of rotatable bonds is 8. The fourth-order valence-corrected chi connectivity index (χ4v) is 4.21. The molecule has 0 saturated heterocycles. The van der Waals surface area contributed by atoms with Crippen LogP contribution in [0.5, 0.6) is 0 Å². The second-order valence-corrected chi connectivity index (χ2v) is 9.05. The summed E-state index contributed by atoms with van der Waals surface area (Å²) >= 11 is 6.08. The van der Waals surface area contributed by atoms with E-state index in [1.54, 1.807) is 36.4 Å². The minimum absolute atomic E-state index is 0.0866. The van der Waals surface area contributed by atoms with Crippen molar-refractivity contribution in [1.29, 1.82) is 0 Å². The zero-order valence-electron chi connectivity index (χ0n) is 16.8. The Labute approximate surface area is 187 Å². The predicted octanol–water partition coefficient (Wildman–Crippen LogP) is 3.69. The number of carbonyl (C=O) groups is 1. The number of benzene rings is 3. The van der Waals surface area contributed by atoms with E-state index in [-0.39, 0.29) is 11.3 Å². The second-order valence-electron chi connectivity index (χ2n) is 6.93. The first-order valence-electron chi connectivity index (χ1n) is 9.55. The first-order valence-corrected chi connectivity index (χ1v) is 11.4. The van der Waals surface area contributed by atoms with Gasteiger partial charge in [0.1, 0.15) is 6.04 Å². The van der Waals surface area contributed by atoms with Gasteiger partial charge in [-0.05, 0) is 37.1 Å². The van der Waals surface area contributed by atoms with E-state index in [1.807, 2.05) is 37.3 Å². The van der Waals surface area contributed by atoms with Crippen molar-refractivity contribution in [1.82, 2.24) is 10.1 Å². The first-order chi connectivity index (χ1) is 14.8. The van der Waals surface area contributed by atoms with Gasteiger partial charge in [0.25, 0.3) is 5.91 Å². The number of halogens is 1. The molecule has 3 rings (SSSR count). The number of aryl methyl sites for hydroxylation is 1. The van der Waals surface area contributed by atoms with Gasteiger partial charge in [0.05, 0.1) is 11.1 Å². The average Bonchev–Trinajstić information content (AvgIpc) is 2.75. The highest BCUT2D eigenvalue weighted by atomic mass is 35.5. The molecule has 0 aliphatic rings. The molecule has 31 heavy (non-hydrogen) atoms. The van der Waals surface area contributed by atoms with Crippen LogP contribution < -0.4 is 10.1 Å². The zero-order chi connectivity index (χ0) is 22.3. The van der Waals surface area contributed by atoms with E-state index in [1.165, 1.54) is 18.3 Å². The first kappa shape index (κ1) is 22.7. The quantitative estimate of drug-likeness (QED) is 0.401. The summed E-state index contributed by atoms with van der Waals surface area (Å²) in [5.41, 5.74) is 4.78.